The number of hydrogen-bond donors (Lipinski definition) is 2. The number of quaternary nitrogens is 1. The third kappa shape index (κ3) is 6.12. The zero-order valence-corrected chi connectivity index (χ0v) is 25.0. The summed E-state index contributed by atoms with van der Waals surface area (Å²) < 4.78 is 6.62. The molecule has 1 unspecified atom stereocenters. The first-order valence-electron chi connectivity index (χ1n) is 14.5. The van der Waals surface area contributed by atoms with E-state index in [2.05, 4.69) is 31.3 Å². The zero-order chi connectivity index (χ0) is 27.8. The molecular weight excluding hydrogens is 531 g/mol. The molecule has 0 aromatic heterocycles. The Morgan fingerprint density at radius 3 is 2.62 bits per heavy atom. The highest BCUT2D eigenvalue weighted by molar-refractivity contribution is 6.42. The lowest BCUT2D eigenvalue weighted by molar-refractivity contribution is -0.945. The molecule has 7 heteroatoms. The summed E-state index contributed by atoms with van der Waals surface area (Å²) in [5.41, 5.74) is 0.683. The molecule has 2 aromatic carbocycles. The minimum Gasteiger partial charge on any atom is -0.497 e. The number of nitrogens with one attached hydrogen (secondary N) is 1. The van der Waals surface area contributed by atoms with E-state index in [0.29, 0.717) is 22.4 Å². The molecule has 212 valence electrons. The standard InChI is InChI=1S/C32H42Cl2N2O3/c1-22(2)19-36(20-23-7-8-23)14-13-31(25-5-4-6-27(17-25)39-3)18-26(11-12-32(31,38)21-36)35-30(37)16-24-9-10-28(33)29(34)15-24/h4-6,9-10,15,17,22-23,26,38H,7-8,11-14,16,18-21H2,1-3H3/p+1/t26-,31+,32?,36-/m0/s1. The van der Waals surface area contributed by atoms with Crippen LogP contribution in [0.3, 0.4) is 0 Å². The van der Waals surface area contributed by atoms with Gasteiger partial charge >= 0.3 is 0 Å². The number of nitrogens with zero attached hydrogens (tertiary/aromatic N) is 1. The number of benzene rings is 2. The van der Waals surface area contributed by atoms with Gasteiger partial charge in [0.2, 0.25) is 5.91 Å². The number of likely N-dealkylation sites (tertiary alicyclic amines) is 1. The van der Waals surface area contributed by atoms with Crippen LogP contribution in [0.15, 0.2) is 42.5 Å². The molecule has 2 N–H and O–H groups in total. The number of halogens is 2. The second-order valence-corrected chi connectivity index (χ2v) is 13.8. The third-order valence-electron chi connectivity index (χ3n) is 9.43. The van der Waals surface area contributed by atoms with Gasteiger partial charge in [-0.25, -0.2) is 0 Å². The van der Waals surface area contributed by atoms with Gasteiger partial charge < -0.3 is 19.6 Å². The molecule has 3 fully saturated rings. The molecule has 1 heterocycles. The first-order valence-corrected chi connectivity index (χ1v) is 15.3. The third-order valence-corrected chi connectivity index (χ3v) is 10.2. The van der Waals surface area contributed by atoms with Crippen molar-refractivity contribution in [1.82, 2.24) is 5.32 Å². The fourth-order valence-corrected chi connectivity index (χ4v) is 8.01. The van der Waals surface area contributed by atoms with Crippen LogP contribution in [0.1, 0.15) is 63.5 Å². The average Bonchev–Trinajstić information content (AvgIpc) is 3.69. The summed E-state index contributed by atoms with van der Waals surface area (Å²) in [7, 11) is 1.69. The predicted molar refractivity (Wildman–Crippen MR) is 157 cm³/mol. The second kappa shape index (κ2) is 11.2. The fourth-order valence-electron chi connectivity index (χ4n) is 7.69. The van der Waals surface area contributed by atoms with Crippen LogP contribution in [0.25, 0.3) is 0 Å². The Morgan fingerprint density at radius 1 is 1.13 bits per heavy atom. The van der Waals surface area contributed by atoms with Crippen molar-refractivity contribution >= 4 is 29.1 Å². The Morgan fingerprint density at radius 2 is 1.92 bits per heavy atom. The Labute approximate surface area is 243 Å². The number of rotatable bonds is 9. The normalized spacial score (nSPS) is 30.6. The van der Waals surface area contributed by atoms with Gasteiger partial charge in [0.05, 0.1) is 43.2 Å². The van der Waals surface area contributed by atoms with E-state index in [9.17, 15) is 9.90 Å². The number of methoxy groups -OCH3 is 1. The molecule has 5 rings (SSSR count). The summed E-state index contributed by atoms with van der Waals surface area (Å²) in [6.45, 7) is 8.73. The summed E-state index contributed by atoms with van der Waals surface area (Å²) in [5, 5.41) is 16.9. The molecule has 0 bridgehead atoms. The average molecular weight is 575 g/mol. The van der Waals surface area contributed by atoms with Crippen LogP contribution in [0.2, 0.25) is 10.0 Å². The quantitative estimate of drug-likeness (QED) is 0.353. The highest BCUT2D eigenvalue weighted by Crippen LogP contribution is 2.54. The summed E-state index contributed by atoms with van der Waals surface area (Å²) in [4.78, 5) is 13.1. The molecule has 0 radical (unpaired) electrons. The van der Waals surface area contributed by atoms with E-state index in [1.54, 1.807) is 19.2 Å². The molecule has 0 spiro atoms. The molecular formula is C32H43Cl2N2O3+. The Bertz CT molecular complexity index is 1200. The van der Waals surface area contributed by atoms with Crippen molar-refractivity contribution in [3.05, 3.63) is 63.6 Å². The van der Waals surface area contributed by atoms with E-state index in [0.717, 1.165) is 66.2 Å². The van der Waals surface area contributed by atoms with Gasteiger partial charge in [0.1, 0.15) is 17.9 Å². The summed E-state index contributed by atoms with van der Waals surface area (Å²) >= 11 is 12.2. The van der Waals surface area contributed by atoms with Gasteiger partial charge in [-0.15, -0.1) is 0 Å². The number of amides is 1. The highest BCUT2D eigenvalue weighted by Gasteiger charge is 2.62. The van der Waals surface area contributed by atoms with Crippen molar-refractivity contribution in [3.63, 3.8) is 0 Å². The molecule has 2 saturated carbocycles. The van der Waals surface area contributed by atoms with Crippen LogP contribution in [0.5, 0.6) is 5.75 Å². The summed E-state index contributed by atoms with van der Waals surface area (Å²) in [6, 6.07) is 13.6. The van der Waals surface area contributed by atoms with Gasteiger partial charge in [0, 0.05) is 29.7 Å². The highest BCUT2D eigenvalue weighted by atomic mass is 35.5. The van der Waals surface area contributed by atoms with Crippen molar-refractivity contribution < 1.29 is 19.1 Å². The van der Waals surface area contributed by atoms with E-state index in [-0.39, 0.29) is 18.4 Å². The predicted octanol–water partition coefficient (Wildman–Crippen LogP) is 6.17. The van der Waals surface area contributed by atoms with Crippen LogP contribution in [-0.4, -0.2) is 60.4 Å². The number of piperidine rings is 1. The largest absolute Gasteiger partial charge is 0.497 e. The zero-order valence-electron chi connectivity index (χ0n) is 23.5. The molecule has 39 heavy (non-hydrogen) atoms. The van der Waals surface area contributed by atoms with Gasteiger partial charge in [0.25, 0.3) is 0 Å². The first-order chi connectivity index (χ1) is 18.6. The van der Waals surface area contributed by atoms with Crippen LogP contribution < -0.4 is 10.1 Å². The smallest absolute Gasteiger partial charge is 0.224 e. The van der Waals surface area contributed by atoms with Gasteiger partial charge in [-0.3, -0.25) is 4.79 Å². The number of ether oxygens (including phenoxy) is 1. The van der Waals surface area contributed by atoms with Crippen molar-refractivity contribution in [2.45, 2.75) is 75.9 Å². The first kappa shape index (κ1) is 28.7. The molecule has 2 aromatic rings. The fraction of sp³-hybridized carbons (Fsp3) is 0.594. The lowest BCUT2D eigenvalue weighted by atomic mass is 9.54. The number of carbonyl (C=O) groups excluding carboxylic acids is 1. The summed E-state index contributed by atoms with van der Waals surface area (Å²) in [6.07, 6.45) is 5.95. The molecule has 4 atom stereocenters. The molecule has 2 aliphatic carbocycles. The molecule has 1 amide bonds. The SMILES string of the molecule is COc1cccc([C@]23CC[N@+](CC(C)C)(CC4CC4)CC2(O)CC[C@H](NC(=O)Cc2ccc(Cl)c(Cl)c2)C3)c1. The summed E-state index contributed by atoms with van der Waals surface area (Å²) in [5.74, 6) is 2.16. The van der Waals surface area contributed by atoms with Crippen LogP contribution in [-0.2, 0) is 16.6 Å². The molecule has 5 nitrogen and oxygen atoms in total. The molecule has 3 aliphatic rings. The maximum absolute atomic E-state index is 13.1. The maximum atomic E-state index is 13.1. The number of aliphatic hydroxyl groups is 1. The van der Waals surface area contributed by atoms with Crippen LogP contribution in [0, 0.1) is 11.8 Å². The maximum Gasteiger partial charge on any atom is 0.224 e. The van der Waals surface area contributed by atoms with Gasteiger partial charge in [-0.05, 0) is 67.5 Å². The minimum absolute atomic E-state index is 0.0136. The number of fused-ring (bicyclic) bond motifs is 1. The van der Waals surface area contributed by atoms with Crippen molar-refractivity contribution in [3.8, 4) is 5.75 Å². The Hall–Kier alpha value is -1.79. The number of carbonyl (C=O) groups is 1. The minimum atomic E-state index is -0.841. The second-order valence-electron chi connectivity index (χ2n) is 13.0. The van der Waals surface area contributed by atoms with Crippen LogP contribution in [0.4, 0.5) is 0 Å². The van der Waals surface area contributed by atoms with Crippen LogP contribution >= 0.6 is 23.2 Å². The molecule has 1 aliphatic heterocycles. The monoisotopic (exact) mass is 573 g/mol. The van der Waals surface area contributed by atoms with E-state index < -0.39 is 11.0 Å². The van der Waals surface area contributed by atoms with Gasteiger partial charge in [-0.1, -0.05) is 55.2 Å². The van der Waals surface area contributed by atoms with Gasteiger partial charge in [-0.2, -0.15) is 0 Å². The van der Waals surface area contributed by atoms with E-state index in [4.69, 9.17) is 27.9 Å². The van der Waals surface area contributed by atoms with E-state index >= 15 is 0 Å². The van der Waals surface area contributed by atoms with Crippen molar-refractivity contribution in [2.75, 3.05) is 33.3 Å². The Kier molecular flexibility index (Phi) is 8.28. The lowest BCUT2D eigenvalue weighted by Gasteiger charge is -2.61. The lowest BCUT2D eigenvalue weighted by Crippen LogP contribution is -2.73. The molecule has 1 saturated heterocycles. The van der Waals surface area contributed by atoms with Gasteiger partial charge in [0.15, 0.2) is 0 Å². The van der Waals surface area contributed by atoms with E-state index in [1.165, 1.54) is 19.4 Å². The van der Waals surface area contributed by atoms with E-state index in [1.807, 2.05) is 18.2 Å². The van der Waals surface area contributed by atoms with Crippen molar-refractivity contribution in [2.24, 2.45) is 11.8 Å². The number of hydrogen-bond acceptors (Lipinski definition) is 3. The Balaban J connectivity index is 1.41. The topological polar surface area (TPSA) is 58.6 Å². The van der Waals surface area contributed by atoms with Crippen molar-refractivity contribution in [1.29, 1.82) is 0 Å².